The summed E-state index contributed by atoms with van der Waals surface area (Å²) in [5, 5.41) is 0. The number of esters is 2. The highest BCUT2D eigenvalue weighted by Gasteiger charge is 2.02. The fraction of sp³-hybridized carbons (Fsp3) is 0.778. The summed E-state index contributed by atoms with van der Waals surface area (Å²) in [7, 11) is 1.34. The van der Waals surface area contributed by atoms with Gasteiger partial charge in [-0.3, -0.25) is 4.79 Å². The summed E-state index contributed by atoms with van der Waals surface area (Å²) < 4.78 is 35.8. The Morgan fingerprint density at radius 3 is 1.41 bits per heavy atom. The zero-order valence-corrected chi connectivity index (χ0v) is 16.4. The second-order valence-corrected chi connectivity index (χ2v) is 5.30. The van der Waals surface area contributed by atoms with Crippen LogP contribution in [0.5, 0.6) is 0 Å². The highest BCUT2D eigenvalue weighted by molar-refractivity contribution is 5.86. The van der Waals surface area contributed by atoms with Gasteiger partial charge in [0.2, 0.25) is 0 Å². The van der Waals surface area contributed by atoms with Crippen LogP contribution in [-0.2, 0) is 42.7 Å². The molecule has 0 heterocycles. The Hall–Kier alpha value is -1.52. The standard InChI is InChI=1S/C18H32O9/c1-16(2)18(20)27-15-14-26-13-12-25-11-10-24-9-8-23-7-6-22-5-4-17(19)21-3/h1,4-15H2,2-3H3. The minimum absolute atomic E-state index is 0.200. The maximum Gasteiger partial charge on any atom is 0.333 e. The van der Waals surface area contributed by atoms with E-state index in [-0.39, 0.29) is 19.0 Å². The lowest BCUT2D eigenvalue weighted by Crippen LogP contribution is -2.15. The predicted octanol–water partition coefficient (Wildman–Crippen LogP) is 0.752. The topological polar surface area (TPSA) is 98.8 Å². The fourth-order valence-corrected chi connectivity index (χ4v) is 1.56. The van der Waals surface area contributed by atoms with E-state index >= 15 is 0 Å². The van der Waals surface area contributed by atoms with Gasteiger partial charge in [0.25, 0.3) is 0 Å². The van der Waals surface area contributed by atoms with Crippen LogP contribution < -0.4 is 0 Å². The van der Waals surface area contributed by atoms with E-state index in [2.05, 4.69) is 11.3 Å². The van der Waals surface area contributed by atoms with E-state index in [1.807, 2.05) is 0 Å². The van der Waals surface area contributed by atoms with E-state index in [0.717, 1.165) is 0 Å². The predicted molar refractivity (Wildman–Crippen MR) is 96.5 cm³/mol. The number of carbonyl (C=O) groups is 2. The molecule has 0 unspecified atom stereocenters. The summed E-state index contributed by atoms with van der Waals surface area (Å²) in [4.78, 5) is 21.9. The van der Waals surface area contributed by atoms with Crippen LogP contribution in [0.2, 0.25) is 0 Å². The van der Waals surface area contributed by atoms with Crippen molar-refractivity contribution in [3.05, 3.63) is 12.2 Å². The van der Waals surface area contributed by atoms with Gasteiger partial charge in [-0.1, -0.05) is 6.58 Å². The molecule has 0 fully saturated rings. The molecule has 0 N–H and O–H groups in total. The third-order valence-electron chi connectivity index (χ3n) is 2.98. The number of carbonyl (C=O) groups excluding carboxylic acids is 2. The summed E-state index contributed by atoms with van der Waals surface area (Å²) in [6.45, 7) is 9.52. The Kier molecular flexibility index (Phi) is 18.2. The molecule has 27 heavy (non-hydrogen) atoms. The van der Waals surface area contributed by atoms with Crippen molar-refractivity contribution in [2.75, 3.05) is 79.8 Å². The van der Waals surface area contributed by atoms with E-state index in [0.29, 0.717) is 71.6 Å². The minimum atomic E-state index is -0.415. The molecule has 0 aromatic carbocycles. The number of hydrogen-bond acceptors (Lipinski definition) is 9. The van der Waals surface area contributed by atoms with Gasteiger partial charge in [0.1, 0.15) is 6.61 Å². The molecule has 0 radical (unpaired) electrons. The monoisotopic (exact) mass is 392 g/mol. The molecule has 0 aliphatic carbocycles. The van der Waals surface area contributed by atoms with Gasteiger partial charge in [0.05, 0.1) is 79.6 Å². The molecule has 0 amide bonds. The molecule has 0 bridgehead atoms. The van der Waals surface area contributed by atoms with Gasteiger partial charge in [0.15, 0.2) is 0 Å². The van der Waals surface area contributed by atoms with Gasteiger partial charge < -0.3 is 33.2 Å². The van der Waals surface area contributed by atoms with Crippen LogP contribution in [0.15, 0.2) is 12.2 Å². The summed E-state index contributed by atoms with van der Waals surface area (Å²) in [6.07, 6.45) is 0.243. The molecule has 0 aliphatic rings. The normalized spacial score (nSPS) is 10.6. The average molecular weight is 392 g/mol. The van der Waals surface area contributed by atoms with Crippen molar-refractivity contribution in [1.82, 2.24) is 0 Å². The van der Waals surface area contributed by atoms with Crippen molar-refractivity contribution >= 4 is 11.9 Å². The molecular formula is C18H32O9. The van der Waals surface area contributed by atoms with Crippen LogP contribution >= 0.6 is 0 Å². The highest BCUT2D eigenvalue weighted by atomic mass is 16.6. The van der Waals surface area contributed by atoms with Crippen LogP contribution in [0, 0.1) is 0 Å². The molecule has 0 aliphatic heterocycles. The van der Waals surface area contributed by atoms with Crippen LogP contribution in [-0.4, -0.2) is 91.7 Å². The maximum absolute atomic E-state index is 11.1. The quantitative estimate of drug-likeness (QED) is 0.179. The lowest BCUT2D eigenvalue weighted by atomic mass is 10.4. The molecular weight excluding hydrogens is 360 g/mol. The van der Waals surface area contributed by atoms with Gasteiger partial charge in [-0.05, 0) is 6.92 Å². The smallest absolute Gasteiger partial charge is 0.333 e. The number of rotatable bonds is 19. The number of ether oxygens (including phenoxy) is 7. The average Bonchev–Trinajstić information content (AvgIpc) is 2.66. The van der Waals surface area contributed by atoms with E-state index < -0.39 is 5.97 Å². The molecule has 9 nitrogen and oxygen atoms in total. The van der Waals surface area contributed by atoms with Crippen LogP contribution in [0.25, 0.3) is 0 Å². The fourth-order valence-electron chi connectivity index (χ4n) is 1.56. The first-order valence-electron chi connectivity index (χ1n) is 8.86. The zero-order chi connectivity index (χ0) is 20.2. The van der Waals surface area contributed by atoms with Crippen LogP contribution in [0.1, 0.15) is 13.3 Å². The molecule has 0 saturated heterocycles. The first kappa shape index (κ1) is 25.5. The van der Waals surface area contributed by atoms with E-state index in [9.17, 15) is 9.59 Å². The molecule has 0 atom stereocenters. The SMILES string of the molecule is C=C(C)C(=O)OCCOCCOCCOCCOCCOCCC(=O)OC. The Labute approximate surface area is 160 Å². The van der Waals surface area contributed by atoms with Gasteiger partial charge in [-0.25, -0.2) is 4.79 Å². The molecule has 0 aromatic rings. The van der Waals surface area contributed by atoms with Gasteiger partial charge >= 0.3 is 11.9 Å². The molecule has 0 rings (SSSR count). The van der Waals surface area contributed by atoms with Crippen molar-refractivity contribution < 1.29 is 42.7 Å². The van der Waals surface area contributed by atoms with Crippen molar-refractivity contribution in [1.29, 1.82) is 0 Å². The Morgan fingerprint density at radius 1 is 0.667 bits per heavy atom. The second kappa shape index (κ2) is 19.2. The third-order valence-corrected chi connectivity index (χ3v) is 2.98. The largest absolute Gasteiger partial charge is 0.469 e. The highest BCUT2D eigenvalue weighted by Crippen LogP contribution is 1.91. The Balaban J connectivity index is 3.10. The second-order valence-electron chi connectivity index (χ2n) is 5.30. The lowest BCUT2D eigenvalue weighted by Gasteiger charge is -2.08. The van der Waals surface area contributed by atoms with E-state index in [1.165, 1.54) is 7.11 Å². The van der Waals surface area contributed by atoms with Crippen molar-refractivity contribution in [2.24, 2.45) is 0 Å². The number of methoxy groups -OCH3 is 1. The van der Waals surface area contributed by atoms with Crippen molar-refractivity contribution in [3.8, 4) is 0 Å². The Bertz CT molecular complexity index is 398. The molecule has 0 spiro atoms. The molecule has 9 heteroatoms. The summed E-state index contributed by atoms with van der Waals surface area (Å²) in [5.74, 6) is -0.704. The third kappa shape index (κ3) is 19.1. The summed E-state index contributed by atoms with van der Waals surface area (Å²) in [5.41, 5.74) is 0.368. The Morgan fingerprint density at radius 2 is 1.04 bits per heavy atom. The van der Waals surface area contributed by atoms with Crippen molar-refractivity contribution in [3.63, 3.8) is 0 Å². The van der Waals surface area contributed by atoms with Crippen molar-refractivity contribution in [2.45, 2.75) is 13.3 Å². The molecule has 158 valence electrons. The van der Waals surface area contributed by atoms with Gasteiger partial charge in [0, 0.05) is 5.57 Å². The maximum atomic E-state index is 11.1. The van der Waals surface area contributed by atoms with Crippen LogP contribution in [0.4, 0.5) is 0 Å². The summed E-state index contributed by atoms with van der Waals surface area (Å²) >= 11 is 0. The first-order chi connectivity index (χ1) is 13.1. The van der Waals surface area contributed by atoms with E-state index in [1.54, 1.807) is 6.92 Å². The summed E-state index contributed by atoms with van der Waals surface area (Å²) in [6, 6.07) is 0. The van der Waals surface area contributed by atoms with Crippen LogP contribution in [0.3, 0.4) is 0 Å². The molecule has 0 saturated carbocycles. The van der Waals surface area contributed by atoms with E-state index in [4.69, 9.17) is 28.4 Å². The lowest BCUT2D eigenvalue weighted by molar-refractivity contribution is -0.142. The minimum Gasteiger partial charge on any atom is -0.469 e. The number of hydrogen-bond donors (Lipinski definition) is 0. The first-order valence-corrected chi connectivity index (χ1v) is 8.86. The molecule has 0 aromatic heterocycles. The zero-order valence-electron chi connectivity index (χ0n) is 16.4. The van der Waals surface area contributed by atoms with Gasteiger partial charge in [-0.15, -0.1) is 0 Å². The van der Waals surface area contributed by atoms with Gasteiger partial charge in [-0.2, -0.15) is 0 Å².